The maximum atomic E-state index is 13.1. The number of piperidine rings is 2. The maximum absolute atomic E-state index is 13.1. The van der Waals surface area contributed by atoms with Gasteiger partial charge in [0.05, 0.1) is 35.3 Å². The fourth-order valence-corrected chi connectivity index (χ4v) is 8.76. The van der Waals surface area contributed by atoms with Crippen molar-refractivity contribution in [1.29, 1.82) is 5.26 Å². The Hall–Kier alpha value is -5.06. The van der Waals surface area contributed by atoms with Crippen LogP contribution in [-0.2, 0) is 4.79 Å². The molecular weight excluding hydrogens is 756 g/mol. The molecule has 306 valence electrons. The molecule has 0 radical (unpaired) electrons. The van der Waals surface area contributed by atoms with Crippen LogP contribution in [0.25, 0.3) is 0 Å². The Bertz CT molecular complexity index is 1980. The third-order valence-electron chi connectivity index (χ3n) is 12.1. The van der Waals surface area contributed by atoms with Gasteiger partial charge in [0.1, 0.15) is 46.9 Å². The smallest absolute Gasteiger partial charge is 0.270 e. The van der Waals surface area contributed by atoms with E-state index in [9.17, 15) is 14.4 Å². The number of hydrogen-bond acceptors (Lipinski definition) is 11. The summed E-state index contributed by atoms with van der Waals surface area (Å²) < 4.78 is 12.3. The van der Waals surface area contributed by atoms with Crippen molar-refractivity contribution in [3.05, 3.63) is 83.2 Å². The molecule has 1 atom stereocenters. The van der Waals surface area contributed by atoms with Crippen LogP contribution in [-0.4, -0.2) is 87.4 Å². The normalized spacial score (nSPS) is 23.8. The number of amides is 2. The molecule has 3 aromatic rings. The third-order valence-corrected chi connectivity index (χ3v) is 12.4. The summed E-state index contributed by atoms with van der Waals surface area (Å²) in [5.74, 6) is 2.39. The molecule has 7 rings (SSSR count). The van der Waals surface area contributed by atoms with Gasteiger partial charge in [-0.3, -0.25) is 19.3 Å². The standard InChI is InChI=1S/C44H53ClN8O5/c1-27(2)53(32-19-36(20-32)58-35-11-13-38(47-23-35)43(55)51-39-12-4-28(3)50-44(39)56)26-30-14-16-52(17-15-30)42-25-48-40(24-49-42)41(54)18-29-5-8-33(9-6-29)57-34-10-7-31(22-46)37(45)21-34/h7,10-11,13,21,23-25,27,29-30,32-33,36,39H,3-6,8-9,12,14-20,26H2,1-2H3,(H,50,56)(H,51,55). The molecule has 4 fully saturated rings. The van der Waals surface area contributed by atoms with Crippen LogP contribution < -0.4 is 25.0 Å². The SMILES string of the molecule is C=C1CCC(NC(=O)c2ccc(OC3CC(N(CC4CCN(c5cnc(C(=O)CC6CCC(Oc7ccc(C#N)c(Cl)c7)CC6)cn5)CC4)C(C)C)C3)cn2)C(=O)N1. The molecule has 2 amide bonds. The van der Waals surface area contributed by atoms with Gasteiger partial charge >= 0.3 is 0 Å². The lowest BCUT2D eigenvalue weighted by atomic mass is 9.84. The number of anilines is 1. The predicted molar refractivity (Wildman–Crippen MR) is 220 cm³/mol. The van der Waals surface area contributed by atoms with Crippen LogP contribution in [0.5, 0.6) is 11.5 Å². The number of nitriles is 1. The molecule has 2 aromatic heterocycles. The zero-order valence-electron chi connectivity index (χ0n) is 33.4. The van der Waals surface area contributed by atoms with E-state index in [1.807, 2.05) is 0 Å². The van der Waals surface area contributed by atoms with Crippen molar-refractivity contribution < 1.29 is 23.9 Å². The van der Waals surface area contributed by atoms with E-state index in [1.165, 1.54) is 0 Å². The summed E-state index contributed by atoms with van der Waals surface area (Å²) in [5.41, 5.74) is 1.77. The lowest BCUT2D eigenvalue weighted by Gasteiger charge is -2.46. The molecule has 4 heterocycles. The minimum absolute atomic E-state index is 0.0347. The summed E-state index contributed by atoms with van der Waals surface area (Å²) in [6, 6.07) is 10.9. The Kier molecular flexibility index (Phi) is 13.2. The van der Waals surface area contributed by atoms with Gasteiger partial charge < -0.3 is 25.0 Å². The number of pyridine rings is 1. The second kappa shape index (κ2) is 18.7. The van der Waals surface area contributed by atoms with Crippen molar-refractivity contribution in [3.8, 4) is 17.6 Å². The number of Topliss-reactive ketones (excluding diaryl/α,β-unsaturated/α-hetero) is 1. The molecule has 2 saturated carbocycles. The van der Waals surface area contributed by atoms with E-state index in [2.05, 4.69) is 61.9 Å². The van der Waals surface area contributed by atoms with Crippen LogP contribution in [0.2, 0.25) is 5.02 Å². The first kappa shape index (κ1) is 41.1. The highest BCUT2D eigenvalue weighted by molar-refractivity contribution is 6.31. The lowest BCUT2D eigenvalue weighted by Crippen LogP contribution is -2.53. The number of allylic oxidation sites excluding steroid dienone is 1. The van der Waals surface area contributed by atoms with Gasteiger partial charge in [0.25, 0.3) is 5.91 Å². The zero-order valence-corrected chi connectivity index (χ0v) is 34.1. The number of aromatic nitrogens is 3. The molecule has 1 unspecified atom stereocenters. The lowest BCUT2D eigenvalue weighted by molar-refractivity contribution is -0.123. The molecule has 13 nitrogen and oxygen atoms in total. The highest BCUT2D eigenvalue weighted by Gasteiger charge is 2.38. The highest BCUT2D eigenvalue weighted by atomic mass is 35.5. The van der Waals surface area contributed by atoms with Crippen LogP contribution in [0, 0.1) is 23.2 Å². The predicted octanol–water partition coefficient (Wildman–Crippen LogP) is 6.67. The summed E-state index contributed by atoms with van der Waals surface area (Å²) in [6.07, 6.45) is 14.3. The summed E-state index contributed by atoms with van der Waals surface area (Å²) in [5, 5.41) is 14.9. The zero-order chi connectivity index (χ0) is 40.8. The van der Waals surface area contributed by atoms with Gasteiger partial charge in [-0.15, -0.1) is 0 Å². The first-order valence-corrected chi connectivity index (χ1v) is 21.0. The van der Waals surface area contributed by atoms with E-state index in [1.54, 1.807) is 48.9 Å². The van der Waals surface area contributed by atoms with E-state index < -0.39 is 6.04 Å². The molecule has 4 aliphatic rings. The average molecular weight is 809 g/mol. The van der Waals surface area contributed by atoms with E-state index >= 15 is 0 Å². The summed E-state index contributed by atoms with van der Waals surface area (Å²) in [6.45, 7) is 11.1. The topological polar surface area (TPSA) is 163 Å². The van der Waals surface area contributed by atoms with Crippen LogP contribution in [0.15, 0.2) is 61.2 Å². The second-order valence-corrected chi connectivity index (χ2v) is 16.9. The number of ether oxygens (including phenoxy) is 2. The van der Waals surface area contributed by atoms with E-state index in [-0.39, 0.29) is 35.5 Å². The van der Waals surface area contributed by atoms with Gasteiger partial charge in [-0.1, -0.05) is 18.2 Å². The van der Waals surface area contributed by atoms with Crippen molar-refractivity contribution in [2.24, 2.45) is 11.8 Å². The molecule has 0 spiro atoms. The molecular formula is C44H53ClN8O5. The monoisotopic (exact) mass is 808 g/mol. The summed E-state index contributed by atoms with van der Waals surface area (Å²) in [4.78, 5) is 56.4. The largest absolute Gasteiger partial charge is 0.490 e. The van der Waals surface area contributed by atoms with Gasteiger partial charge in [0.2, 0.25) is 5.91 Å². The van der Waals surface area contributed by atoms with Crippen LogP contribution >= 0.6 is 11.6 Å². The average Bonchev–Trinajstić information content (AvgIpc) is 3.20. The Morgan fingerprint density at radius 2 is 1.67 bits per heavy atom. The van der Waals surface area contributed by atoms with E-state index in [0.29, 0.717) is 76.7 Å². The number of benzene rings is 1. The van der Waals surface area contributed by atoms with Crippen LogP contribution in [0.1, 0.15) is 111 Å². The minimum atomic E-state index is -0.593. The Labute approximate surface area is 345 Å². The number of rotatable bonds is 14. The molecule has 2 aliphatic carbocycles. The van der Waals surface area contributed by atoms with Gasteiger partial charge in [-0.2, -0.15) is 5.26 Å². The van der Waals surface area contributed by atoms with Crippen LogP contribution in [0.3, 0.4) is 0 Å². The number of nitrogens with one attached hydrogen (secondary N) is 2. The van der Waals surface area contributed by atoms with Gasteiger partial charge in [-0.05, 0) is 101 Å². The summed E-state index contributed by atoms with van der Waals surface area (Å²) >= 11 is 6.16. The molecule has 14 heteroatoms. The fourth-order valence-electron chi connectivity index (χ4n) is 8.55. The first-order chi connectivity index (χ1) is 28.0. The molecule has 2 saturated heterocycles. The number of hydrogen-bond donors (Lipinski definition) is 2. The van der Waals surface area contributed by atoms with E-state index in [4.69, 9.17) is 26.3 Å². The number of carbonyl (C=O) groups is 3. The first-order valence-electron chi connectivity index (χ1n) is 20.7. The number of ketones is 1. The van der Waals surface area contributed by atoms with Crippen LogP contribution in [0.4, 0.5) is 5.82 Å². The quantitative estimate of drug-likeness (QED) is 0.167. The molecule has 1 aromatic carbocycles. The summed E-state index contributed by atoms with van der Waals surface area (Å²) in [7, 11) is 0. The number of nitrogens with zero attached hydrogens (tertiary/aromatic N) is 6. The molecule has 58 heavy (non-hydrogen) atoms. The van der Waals surface area contributed by atoms with Crippen molar-refractivity contribution in [2.75, 3.05) is 24.5 Å². The second-order valence-electron chi connectivity index (χ2n) is 16.5. The van der Waals surface area contributed by atoms with Crippen molar-refractivity contribution >= 4 is 35.0 Å². The van der Waals surface area contributed by atoms with Gasteiger partial charge in [0, 0.05) is 62.7 Å². The molecule has 2 aliphatic heterocycles. The number of halogens is 1. The van der Waals surface area contributed by atoms with Crippen molar-refractivity contribution in [1.82, 2.24) is 30.5 Å². The minimum Gasteiger partial charge on any atom is -0.490 e. The highest BCUT2D eigenvalue weighted by Crippen LogP contribution is 2.34. The van der Waals surface area contributed by atoms with Gasteiger partial charge in [-0.25, -0.2) is 15.0 Å². The fraction of sp³-hybridized carbons (Fsp3) is 0.523. The number of carbonyl (C=O) groups excluding carboxylic acids is 3. The van der Waals surface area contributed by atoms with Crippen molar-refractivity contribution in [3.63, 3.8) is 0 Å². The Balaban J connectivity index is 0.801. The maximum Gasteiger partial charge on any atom is 0.270 e. The Morgan fingerprint density at radius 3 is 2.31 bits per heavy atom. The molecule has 2 N–H and O–H groups in total. The third kappa shape index (κ3) is 10.3. The van der Waals surface area contributed by atoms with Gasteiger partial charge in [0.15, 0.2) is 5.78 Å². The van der Waals surface area contributed by atoms with E-state index in [0.717, 1.165) is 76.8 Å². The molecule has 0 bridgehead atoms. The Morgan fingerprint density at radius 1 is 0.948 bits per heavy atom. The van der Waals surface area contributed by atoms with Crippen molar-refractivity contribution in [2.45, 2.75) is 115 Å².